The summed E-state index contributed by atoms with van der Waals surface area (Å²) in [4.78, 5) is 16.6. The van der Waals surface area contributed by atoms with E-state index in [1.165, 1.54) is 0 Å². The van der Waals surface area contributed by atoms with E-state index in [-0.39, 0.29) is 5.91 Å². The zero-order valence-electron chi connectivity index (χ0n) is 16.6. The standard InChI is InChI=1S/C22H23N3O4/c1-4-29-18-9-5-15(6-10-18)25-22(26)19-11-7-17(14-23-19)24-16-8-12-20(27-2)21(13-16)28-3/h5-14,24H,4H2,1-3H3,(H,25,26). The van der Waals surface area contributed by atoms with Gasteiger partial charge < -0.3 is 24.8 Å². The van der Waals surface area contributed by atoms with Crippen molar-refractivity contribution in [2.45, 2.75) is 6.92 Å². The molecule has 7 nitrogen and oxygen atoms in total. The van der Waals surface area contributed by atoms with Crippen molar-refractivity contribution in [1.29, 1.82) is 0 Å². The van der Waals surface area contributed by atoms with Gasteiger partial charge in [0.05, 0.1) is 32.7 Å². The first-order valence-corrected chi connectivity index (χ1v) is 9.12. The van der Waals surface area contributed by atoms with Crippen LogP contribution in [0.5, 0.6) is 17.2 Å². The molecular weight excluding hydrogens is 370 g/mol. The molecule has 0 spiro atoms. The third-order valence-electron chi connectivity index (χ3n) is 4.09. The minimum absolute atomic E-state index is 0.285. The van der Waals surface area contributed by atoms with Gasteiger partial charge in [-0.05, 0) is 55.5 Å². The lowest BCUT2D eigenvalue weighted by Gasteiger charge is -2.11. The van der Waals surface area contributed by atoms with Crippen molar-refractivity contribution in [2.75, 3.05) is 31.5 Å². The summed E-state index contributed by atoms with van der Waals surface area (Å²) in [5.74, 6) is 1.75. The average molecular weight is 393 g/mol. The second kappa shape index (κ2) is 9.45. The van der Waals surface area contributed by atoms with Crippen LogP contribution >= 0.6 is 0 Å². The second-order valence-electron chi connectivity index (χ2n) is 6.04. The molecule has 7 heteroatoms. The maximum absolute atomic E-state index is 12.4. The number of amides is 1. The fourth-order valence-electron chi connectivity index (χ4n) is 2.68. The third-order valence-corrected chi connectivity index (χ3v) is 4.09. The van der Waals surface area contributed by atoms with Gasteiger partial charge in [-0.15, -0.1) is 0 Å². The zero-order valence-corrected chi connectivity index (χ0v) is 16.6. The summed E-state index contributed by atoms with van der Waals surface area (Å²) in [6.45, 7) is 2.52. The summed E-state index contributed by atoms with van der Waals surface area (Å²) in [6, 6.07) is 16.1. The molecule has 0 saturated carbocycles. The SMILES string of the molecule is CCOc1ccc(NC(=O)c2ccc(Nc3ccc(OC)c(OC)c3)cn2)cc1. The number of carbonyl (C=O) groups excluding carboxylic acids is 1. The maximum Gasteiger partial charge on any atom is 0.274 e. The molecule has 1 heterocycles. The lowest BCUT2D eigenvalue weighted by molar-refractivity contribution is 0.102. The van der Waals surface area contributed by atoms with Crippen molar-refractivity contribution in [3.05, 3.63) is 66.5 Å². The van der Waals surface area contributed by atoms with Gasteiger partial charge in [0.2, 0.25) is 0 Å². The van der Waals surface area contributed by atoms with E-state index < -0.39 is 0 Å². The molecule has 0 bridgehead atoms. The first kappa shape index (κ1) is 20.0. The lowest BCUT2D eigenvalue weighted by Crippen LogP contribution is -2.13. The van der Waals surface area contributed by atoms with E-state index in [1.807, 2.05) is 37.3 Å². The van der Waals surface area contributed by atoms with E-state index in [1.54, 1.807) is 44.7 Å². The normalized spacial score (nSPS) is 10.2. The molecule has 0 aliphatic rings. The molecule has 0 aliphatic carbocycles. The minimum Gasteiger partial charge on any atom is -0.494 e. The number of pyridine rings is 1. The lowest BCUT2D eigenvalue weighted by atomic mass is 10.2. The highest BCUT2D eigenvalue weighted by atomic mass is 16.5. The first-order valence-electron chi connectivity index (χ1n) is 9.12. The predicted molar refractivity (Wildman–Crippen MR) is 113 cm³/mol. The van der Waals surface area contributed by atoms with Crippen LogP contribution in [0.4, 0.5) is 17.1 Å². The van der Waals surface area contributed by atoms with Crippen molar-refractivity contribution in [3.8, 4) is 17.2 Å². The Bertz CT molecular complexity index is 957. The summed E-state index contributed by atoms with van der Waals surface area (Å²) < 4.78 is 15.9. The topological polar surface area (TPSA) is 81.7 Å². The molecule has 0 aliphatic heterocycles. The molecule has 0 saturated heterocycles. The smallest absolute Gasteiger partial charge is 0.274 e. The number of hydrogen-bond acceptors (Lipinski definition) is 6. The molecule has 1 amide bonds. The molecule has 29 heavy (non-hydrogen) atoms. The average Bonchev–Trinajstić information content (AvgIpc) is 2.75. The Morgan fingerprint density at radius 1 is 0.897 bits per heavy atom. The molecule has 1 aromatic heterocycles. The van der Waals surface area contributed by atoms with Crippen LogP contribution in [-0.2, 0) is 0 Å². The Morgan fingerprint density at radius 2 is 1.59 bits per heavy atom. The van der Waals surface area contributed by atoms with Crippen LogP contribution in [0.15, 0.2) is 60.8 Å². The van der Waals surface area contributed by atoms with Crippen LogP contribution in [-0.4, -0.2) is 31.7 Å². The van der Waals surface area contributed by atoms with Gasteiger partial charge in [0.15, 0.2) is 11.5 Å². The Labute approximate surface area is 169 Å². The summed E-state index contributed by atoms with van der Waals surface area (Å²) >= 11 is 0. The number of nitrogens with zero attached hydrogens (tertiary/aromatic N) is 1. The minimum atomic E-state index is -0.285. The number of methoxy groups -OCH3 is 2. The number of rotatable bonds is 8. The third kappa shape index (κ3) is 5.16. The van der Waals surface area contributed by atoms with Crippen molar-refractivity contribution in [1.82, 2.24) is 4.98 Å². The van der Waals surface area contributed by atoms with E-state index in [9.17, 15) is 4.79 Å². The molecule has 3 rings (SSSR count). The van der Waals surface area contributed by atoms with Gasteiger partial charge in [-0.3, -0.25) is 4.79 Å². The van der Waals surface area contributed by atoms with E-state index in [4.69, 9.17) is 14.2 Å². The molecular formula is C22H23N3O4. The largest absolute Gasteiger partial charge is 0.494 e. The number of carbonyl (C=O) groups is 1. The van der Waals surface area contributed by atoms with Crippen molar-refractivity contribution < 1.29 is 19.0 Å². The molecule has 0 unspecified atom stereocenters. The van der Waals surface area contributed by atoms with Gasteiger partial charge in [-0.1, -0.05) is 0 Å². The Hall–Kier alpha value is -3.74. The van der Waals surface area contributed by atoms with Crippen LogP contribution in [0.25, 0.3) is 0 Å². The number of hydrogen-bond donors (Lipinski definition) is 2. The van der Waals surface area contributed by atoms with Gasteiger partial charge >= 0.3 is 0 Å². The second-order valence-corrected chi connectivity index (χ2v) is 6.04. The molecule has 0 atom stereocenters. The van der Waals surface area contributed by atoms with Crippen LogP contribution in [0, 0.1) is 0 Å². The highest BCUT2D eigenvalue weighted by Gasteiger charge is 2.09. The van der Waals surface area contributed by atoms with Crippen molar-refractivity contribution in [3.63, 3.8) is 0 Å². The predicted octanol–water partition coefficient (Wildman–Crippen LogP) is 4.49. The molecule has 2 N–H and O–H groups in total. The molecule has 0 radical (unpaired) electrons. The van der Waals surface area contributed by atoms with Crippen LogP contribution < -0.4 is 24.8 Å². The van der Waals surface area contributed by atoms with Crippen molar-refractivity contribution >= 4 is 23.0 Å². The summed E-state index contributed by atoms with van der Waals surface area (Å²) in [6.07, 6.45) is 1.60. The number of anilines is 3. The zero-order chi connectivity index (χ0) is 20.6. The number of benzene rings is 2. The van der Waals surface area contributed by atoms with E-state index in [2.05, 4.69) is 15.6 Å². The Kier molecular flexibility index (Phi) is 6.52. The monoisotopic (exact) mass is 393 g/mol. The van der Waals surface area contributed by atoms with E-state index >= 15 is 0 Å². The fourth-order valence-corrected chi connectivity index (χ4v) is 2.68. The summed E-state index contributed by atoms with van der Waals surface area (Å²) in [5.41, 5.74) is 2.55. The van der Waals surface area contributed by atoms with Crippen LogP contribution in [0.1, 0.15) is 17.4 Å². The Morgan fingerprint density at radius 3 is 2.21 bits per heavy atom. The molecule has 2 aromatic carbocycles. The van der Waals surface area contributed by atoms with E-state index in [0.717, 1.165) is 17.1 Å². The van der Waals surface area contributed by atoms with Gasteiger partial charge in [0, 0.05) is 17.4 Å². The maximum atomic E-state index is 12.4. The van der Waals surface area contributed by atoms with Gasteiger partial charge in [-0.25, -0.2) is 4.98 Å². The highest BCUT2D eigenvalue weighted by Crippen LogP contribution is 2.31. The molecule has 0 fully saturated rings. The summed E-state index contributed by atoms with van der Waals surface area (Å²) in [5, 5.41) is 6.04. The van der Waals surface area contributed by atoms with E-state index in [0.29, 0.717) is 29.5 Å². The highest BCUT2D eigenvalue weighted by molar-refractivity contribution is 6.03. The summed E-state index contributed by atoms with van der Waals surface area (Å²) in [7, 11) is 3.17. The number of ether oxygens (including phenoxy) is 3. The van der Waals surface area contributed by atoms with Crippen LogP contribution in [0.3, 0.4) is 0 Å². The molecule has 150 valence electrons. The van der Waals surface area contributed by atoms with Crippen molar-refractivity contribution in [2.24, 2.45) is 0 Å². The van der Waals surface area contributed by atoms with Gasteiger partial charge in [-0.2, -0.15) is 0 Å². The Balaban J connectivity index is 1.64. The number of aromatic nitrogens is 1. The van der Waals surface area contributed by atoms with Gasteiger partial charge in [0.1, 0.15) is 11.4 Å². The molecule has 3 aromatic rings. The van der Waals surface area contributed by atoms with Crippen LogP contribution in [0.2, 0.25) is 0 Å². The fraction of sp³-hybridized carbons (Fsp3) is 0.182. The quantitative estimate of drug-likeness (QED) is 0.587. The first-order chi connectivity index (χ1) is 14.1. The number of nitrogens with one attached hydrogen (secondary N) is 2. The van der Waals surface area contributed by atoms with Gasteiger partial charge in [0.25, 0.3) is 5.91 Å².